The van der Waals surface area contributed by atoms with E-state index < -0.39 is 29.9 Å². The fourth-order valence-electron chi connectivity index (χ4n) is 3.58. The van der Waals surface area contributed by atoms with Crippen molar-refractivity contribution in [2.45, 2.75) is 12.1 Å². The SMILES string of the molecule is C[N+](C)(C)CC(=O)NN=Cc1ccc(OCC(=O)NC2CN(C(C(=O)O)c3ccc(O)cc3)C2=O)cc1.[Cl-]. The Balaban J connectivity index is 0.00000507. The number of β-lactam (4-membered cyclic amide) rings is 1. The van der Waals surface area contributed by atoms with Crippen LogP contribution in [0.3, 0.4) is 0 Å². The number of carboxylic acid groups (broad SMARTS) is 1. The number of likely N-dealkylation sites (tertiary alicyclic amines) is 1. The number of hydrogen-bond donors (Lipinski definition) is 4. The van der Waals surface area contributed by atoms with E-state index in [1.54, 1.807) is 24.3 Å². The van der Waals surface area contributed by atoms with Gasteiger partial charge in [-0.05, 0) is 47.5 Å². The van der Waals surface area contributed by atoms with Gasteiger partial charge in [0.15, 0.2) is 19.2 Å². The molecule has 1 fully saturated rings. The molecule has 4 N–H and O–H groups in total. The van der Waals surface area contributed by atoms with E-state index in [1.165, 1.54) is 30.5 Å². The van der Waals surface area contributed by atoms with E-state index in [1.807, 2.05) is 21.1 Å². The third-order valence-electron chi connectivity index (χ3n) is 5.32. The summed E-state index contributed by atoms with van der Waals surface area (Å²) in [5, 5.41) is 25.4. The maximum absolute atomic E-state index is 12.5. The Morgan fingerprint density at radius 3 is 2.29 bits per heavy atom. The molecule has 2 aromatic carbocycles. The molecule has 0 spiro atoms. The van der Waals surface area contributed by atoms with Gasteiger partial charge in [-0.25, -0.2) is 10.2 Å². The number of phenolic OH excluding ortho intramolecular Hbond substituents is 1. The number of benzene rings is 2. The van der Waals surface area contributed by atoms with Crippen LogP contribution in [-0.2, 0) is 19.2 Å². The van der Waals surface area contributed by atoms with Crippen LogP contribution in [0.4, 0.5) is 0 Å². The number of nitrogens with zero attached hydrogens (tertiary/aromatic N) is 3. The van der Waals surface area contributed by atoms with Crippen molar-refractivity contribution in [3.8, 4) is 11.5 Å². The molecule has 1 heterocycles. The monoisotopic (exact) mass is 547 g/mol. The zero-order chi connectivity index (χ0) is 27.2. The van der Waals surface area contributed by atoms with Gasteiger partial charge in [-0.1, -0.05) is 12.1 Å². The average Bonchev–Trinajstić information content (AvgIpc) is 2.82. The molecule has 0 aromatic heterocycles. The first-order chi connectivity index (χ1) is 17.4. The Hall–Kier alpha value is -4.16. The van der Waals surface area contributed by atoms with E-state index in [9.17, 15) is 29.4 Å². The highest BCUT2D eigenvalue weighted by atomic mass is 35.5. The van der Waals surface area contributed by atoms with Gasteiger partial charge in [0.05, 0.1) is 33.9 Å². The molecule has 13 heteroatoms. The van der Waals surface area contributed by atoms with Gasteiger partial charge < -0.3 is 42.1 Å². The summed E-state index contributed by atoms with van der Waals surface area (Å²) < 4.78 is 5.93. The van der Waals surface area contributed by atoms with Gasteiger partial charge in [0.2, 0.25) is 5.91 Å². The second-order valence-electron chi connectivity index (χ2n) is 9.54. The van der Waals surface area contributed by atoms with Crippen LogP contribution in [0.25, 0.3) is 0 Å². The molecule has 0 radical (unpaired) electrons. The van der Waals surface area contributed by atoms with Gasteiger partial charge in [0.25, 0.3) is 11.8 Å². The second kappa shape index (κ2) is 12.9. The standard InChI is InChI=1S/C25H29N5O7.ClH/c1-30(2,3)14-21(32)28-26-12-16-4-10-19(11-5-16)37-15-22(33)27-20-13-29(24(20)34)23(25(35)36)17-6-8-18(31)9-7-17;/h4-12,20,23H,13-15H2,1-3H3,(H3-,27,28,31,32,33,35,36);1H. The normalized spacial score (nSPS) is 15.7. The van der Waals surface area contributed by atoms with Crippen molar-refractivity contribution in [1.82, 2.24) is 15.6 Å². The first-order valence-corrected chi connectivity index (χ1v) is 11.4. The van der Waals surface area contributed by atoms with Crippen LogP contribution in [0.5, 0.6) is 11.5 Å². The van der Waals surface area contributed by atoms with E-state index in [-0.39, 0.29) is 43.8 Å². The van der Waals surface area contributed by atoms with Crippen molar-refractivity contribution in [3.63, 3.8) is 0 Å². The van der Waals surface area contributed by atoms with Gasteiger partial charge >= 0.3 is 5.97 Å². The van der Waals surface area contributed by atoms with E-state index in [4.69, 9.17) is 4.74 Å². The van der Waals surface area contributed by atoms with Gasteiger partial charge in [-0.2, -0.15) is 5.10 Å². The third kappa shape index (κ3) is 8.46. The number of nitrogens with one attached hydrogen (secondary N) is 2. The highest BCUT2D eigenvalue weighted by Crippen LogP contribution is 2.28. The summed E-state index contributed by atoms with van der Waals surface area (Å²) in [7, 11) is 5.69. The van der Waals surface area contributed by atoms with Crippen molar-refractivity contribution in [2.24, 2.45) is 5.10 Å². The highest BCUT2D eigenvalue weighted by Gasteiger charge is 2.44. The van der Waals surface area contributed by atoms with Crippen LogP contribution in [0.15, 0.2) is 53.6 Å². The van der Waals surface area contributed by atoms with Crippen LogP contribution in [0.1, 0.15) is 17.2 Å². The van der Waals surface area contributed by atoms with E-state index in [2.05, 4.69) is 15.8 Å². The maximum atomic E-state index is 12.5. The lowest BCUT2D eigenvalue weighted by atomic mass is 9.98. The summed E-state index contributed by atoms with van der Waals surface area (Å²) in [5.41, 5.74) is 3.51. The molecule has 1 aliphatic rings. The number of carboxylic acids is 1. The first-order valence-electron chi connectivity index (χ1n) is 11.4. The summed E-state index contributed by atoms with van der Waals surface area (Å²) in [6, 6.07) is 10.2. The fourth-order valence-corrected chi connectivity index (χ4v) is 3.58. The summed E-state index contributed by atoms with van der Waals surface area (Å²) in [5.74, 6) is -2.07. The number of hydrazone groups is 1. The number of carbonyl (C=O) groups excluding carboxylic acids is 3. The van der Waals surface area contributed by atoms with E-state index in [0.717, 1.165) is 4.90 Å². The number of aromatic hydroxyl groups is 1. The predicted octanol–water partition coefficient (Wildman–Crippen LogP) is -2.92. The van der Waals surface area contributed by atoms with Crippen molar-refractivity contribution in [2.75, 3.05) is 40.8 Å². The number of likely N-dealkylation sites (N-methyl/N-ethyl adjacent to an activating group) is 1. The molecule has 2 aromatic rings. The lowest BCUT2D eigenvalue weighted by Gasteiger charge is -2.42. The number of phenols is 1. The van der Waals surface area contributed by atoms with Crippen molar-refractivity contribution in [3.05, 3.63) is 59.7 Å². The molecule has 0 aliphatic carbocycles. The van der Waals surface area contributed by atoms with Crippen LogP contribution in [0, 0.1) is 0 Å². The smallest absolute Gasteiger partial charge is 0.331 e. The molecule has 38 heavy (non-hydrogen) atoms. The molecule has 12 nitrogen and oxygen atoms in total. The molecule has 204 valence electrons. The van der Waals surface area contributed by atoms with Crippen LogP contribution in [0.2, 0.25) is 0 Å². The Morgan fingerprint density at radius 1 is 1.11 bits per heavy atom. The minimum atomic E-state index is -1.22. The number of hydrogen-bond acceptors (Lipinski definition) is 7. The topological polar surface area (TPSA) is 158 Å². The predicted molar refractivity (Wildman–Crippen MR) is 133 cm³/mol. The van der Waals surface area contributed by atoms with Gasteiger partial charge in [0.1, 0.15) is 17.5 Å². The number of quaternary nitrogens is 1. The minimum absolute atomic E-state index is 0. The fraction of sp³-hybridized carbons (Fsp3) is 0.320. The molecule has 3 amide bonds. The molecule has 0 saturated carbocycles. The third-order valence-corrected chi connectivity index (χ3v) is 5.32. The van der Waals surface area contributed by atoms with Gasteiger partial charge in [-0.15, -0.1) is 0 Å². The lowest BCUT2D eigenvalue weighted by molar-refractivity contribution is -0.862. The summed E-state index contributed by atoms with van der Waals surface area (Å²) in [6.07, 6.45) is 1.49. The van der Waals surface area contributed by atoms with Gasteiger partial charge in [0, 0.05) is 0 Å². The zero-order valence-electron chi connectivity index (χ0n) is 21.1. The molecule has 2 atom stereocenters. The molecule has 1 saturated heterocycles. The van der Waals surface area contributed by atoms with Crippen molar-refractivity contribution in [1.29, 1.82) is 0 Å². The van der Waals surface area contributed by atoms with E-state index >= 15 is 0 Å². The number of carbonyl (C=O) groups is 4. The Morgan fingerprint density at radius 2 is 1.74 bits per heavy atom. The summed E-state index contributed by atoms with van der Waals surface area (Å²) >= 11 is 0. The Kier molecular flexibility index (Phi) is 10.2. The molecular weight excluding hydrogens is 518 g/mol. The molecular formula is C25H30ClN5O7. The Bertz CT molecular complexity index is 1180. The van der Waals surface area contributed by atoms with Gasteiger partial charge in [-0.3, -0.25) is 14.4 Å². The first kappa shape index (κ1) is 30.1. The molecule has 2 unspecified atom stereocenters. The molecule has 3 rings (SSSR count). The van der Waals surface area contributed by atoms with E-state index in [0.29, 0.717) is 21.4 Å². The number of amides is 3. The number of aliphatic carboxylic acids is 1. The summed E-state index contributed by atoms with van der Waals surface area (Å²) in [6.45, 7) is -0.0182. The Labute approximate surface area is 225 Å². The number of rotatable bonds is 11. The quantitative estimate of drug-likeness (QED) is 0.102. The van der Waals surface area contributed by atoms with Crippen LogP contribution < -0.4 is 27.9 Å². The highest BCUT2D eigenvalue weighted by molar-refractivity contribution is 5.95. The van der Waals surface area contributed by atoms with Crippen molar-refractivity contribution >= 4 is 29.9 Å². The van der Waals surface area contributed by atoms with Crippen LogP contribution in [-0.4, -0.2) is 96.4 Å². The lowest BCUT2D eigenvalue weighted by Crippen LogP contribution is -3.00. The minimum Gasteiger partial charge on any atom is -1.00 e. The maximum Gasteiger partial charge on any atom is 0.331 e. The van der Waals surface area contributed by atoms with Crippen molar-refractivity contribution < 1.29 is 51.0 Å². The number of ether oxygens (including phenoxy) is 1. The van der Waals surface area contributed by atoms with Crippen LogP contribution >= 0.6 is 0 Å². The number of halogens is 1. The largest absolute Gasteiger partial charge is 1.00 e. The molecule has 0 bridgehead atoms. The average molecular weight is 548 g/mol. The zero-order valence-corrected chi connectivity index (χ0v) is 21.9. The summed E-state index contributed by atoms with van der Waals surface area (Å²) in [4.78, 5) is 49.4. The molecule has 1 aliphatic heterocycles. The second-order valence-corrected chi connectivity index (χ2v) is 9.54.